The first-order valence-electron chi connectivity index (χ1n) is 23.5. The number of rotatable bonds is 12. The number of carbonyl (C=O) groups excluding carboxylic acids is 3. The van der Waals surface area contributed by atoms with E-state index in [2.05, 4.69) is 74.3 Å². The summed E-state index contributed by atoms with van der Waals surface area (Å²) in [5, 5.41) is 16.7. The van der Waals surface area contributed by atoms with E-state index in [1.165, 1.54) is 24.1 Å². The number of amides is 2. The van der Waals surface area contributed by atoms with E-state index in [4.69, 9.17) is 10.5 Å². The van der Waals surface area contributed by atoms with Crippen LogP contribution in [-0.2, 0) is 27.8 Å². The average molecular weight is 868 g/mol. The minimum atomic E-state index is -0.706. The van der Waals surface area contributed by atoms with Crippen LogP contribution >= 0.6 is 0 Å². The number of nitrogen functional groups attached to an aromatic ring is 1. The van der Waals surface area contributed by atoms with Gasteiger partial charge in [-0.05, 0) is 125 Å². The molecule has 4 heterocycles. The van der Waals surface area contributed by atoms with Gasteiger partial charge >= 0.3 is 6.09 Å². The van der Waals surface area contributed by atoms with Crippen molar-refractivity contribution in [3.63, 3.8) is 0 Å². The van der Waals surface area contributed by atoms with Gasteiger partial charge in [0.25, 0.3) is 0 Å². The van der Waals surface area contributed by atoms with Gasteiger partial charge in [0.2, 0.25) is 5.91 Å². The number of fused-ring (bicyclic) bond motifs is 4. The Balaban J connectivity index is 0.785. The molecule has 0 bridgehead atoms. The maximum atomic E-state index is 14.2. The highest BCUT2D eigenvalue weighted by Crippen LogP contribution is 2.54. The summed E-state index contributed by atoms with van der Waals surface area (Å²) < 4.78 is 5.56. The molecule has 9 rings (SSSR count). The molecule has 2 aliphatic heterocycles. The number of anilines is 2. The molecule has 1 spiro atoms. The van der Waals surface area contributed by atoms with Gasteiger partial charge in [-0.2, -0.15) is 5.26 Å². The van der Waals surface area contributed by atoms with Crippen molar-refractivity contribution >= 4 is 40.1 Å². The zero-order valence-corrected chi connectivity index (χ0v) is 38.5. The number of piperazine rings is 1. The summed E-state index contributed by atoms with van der Waals surface area (Å²) in [6.45, 7) is 18.9. The molecule has 13 heteroatoms. The van der Waals surface area contributed by atoms with Gasteiger partial charge in [0.1, 0.15) is 11.6 Å². The predicted octanol–water partition coefficient (Wildman–Crippen LogP) is 6.85. The van der Waals surface area contributed by atoms with Crippen molar-refractivity contribution in [2.75, 3.05) is 56.4 Å². The standard InChI is InChI=1S/C51H65N9O4/c1-7-33-24-37-38(50(5,6)46-44(45(37)61)36-12-11-31(26-52)23-41(36)55-46)25-42(33)59-19-17-58(18-20-59)28-32-21-35(22-32)60-29-43(51(30-60)14-15-51)57-47(62)40(56-48(63)64-49(2,3)4)10-8-9-34-13-16-54-27-39(34)53/h11-13,16,23-25,27,32,35,40,43,55H,7-10,14-15,17-22,28-30,53H2,1-6H3,(H,56,63)(H,57,62)/t32?,35?,40-,43-/m0/s1. The van der Waals surface area contributed by atoms with Gasteiger partial charge in [-0.25, -0.2) is 4.79 Å². The number of nitrogens with one attached hydrogen (secondary N) is 3. The molecule has 2 aromatic carbocycles. The molecule has 338 valence electrons. The number of pyridine rings is 1. The number of aromatic amines is 1. The van der Waals surface area contributed by atoms with Crippen LogP contribution in [0.1, 0.15) is 124 Å². The van der Waals surface area contributed by atoms with Gasteiger partial charge in [0.15, 0.2) is 5.78 Å². The van der Waals surface area contributed by atoms with Crippen molar-refractivity contribution in [2.45, 2.75) is 122 Å². The summed E-state index contributed by atoms with van der Waals surface area (Å²) in [7, 11) is 0. The number of ether oxygens (including phenoxy) is 1. The summed E-state index contributed by atoms with van der Waals surface area (Å²) in [4.78, 5) is 56.4. The van der Waals surface area contributed by atoms with Crippen LogP contribution in [0.4, 0.5) is 16.2 Å². The number of ketones is 1. The second kappa shape index (κ2) is 16.8. The third-order valence-corrected chi connectivity index (χ3v) is 15.0. The van der Waals surface area contributed by atoms with Gasteiger partial charge in [-0.15, -0.1) is 0 Å². The Kier molecular flexibility index (Phi) is 11.5. The minimum absolute atomic E-state index is 0.0584. The third-order valence-electron chi connectivity index (χ3n) is 15.0. The van der Waals surface area contributed by atoms with Gasteiger partial charge in [-0.3, -0.25) is 24.4 Å². The summed E-state index contributed by atoms with van der Waals surface area (Å²) in [6.07, 6.45) is 10.1. The summed E-state index contributed by atoms with van der Waals surface area (Å²) in [5.74, 6) is 0.576. The number of H-pyrrole nitrogens is 1. The molecule has 2 saturated heterocycles. The van der Waals surface area contributed by atoms with E-state index in [9.17, 15) is 19.6 Å². The highest BCUT2D eigenvalue weighted by Gasteiger charge is 2.57. The van der Waals surface area contributed by atoms with E-state index in [1.807, 2.05) is 39.0 Å². The van der Waals surface area contributed by atoms with Crippen LogP contribution in [-0.4, -0.2) is 107 Å². The molecule has 2 amide bonds. The van der Waals surface area contributed by atoms with Crippen LogP contribution in [0.25, 0.3) is 10.9 Å². The molecule has 4 fully saturated rings. The first-order chi connectivity index (χ1) is 30.6. The van der Waals surface area contributed by atoms with E-state index >= 15 is 0 Å². The lowest BCUT2D eigenvalue weighted by Gasteiger charge is -2.45. The maximum absolute atomic E-state index is 14.2. The summed E-state index contributed by atoms with van der Waals surface area (Å²) >= 11 is 0. The fourth-order valence-electron chi connectivity index (χ4n) is 11.1. The topological polar surface area (TPSA) is 173 Å². The largest absolute Gasteiger partial charge is 0.444 e. The number of hydrogen-bond acceptors (Lipinski definition) is 10. The first-order valence-corrected chi connectivity index (χ1v) is 23.5. The Bertz CT molecular complexity index is 2500. The smallest absolute Gasteiger partial charge is 0.408 e. The lowest BCUT2D eigenvalue weighted by molar-refractivity contribution is -0.124. The molecule has 2 aromatic heterocycles. The van der Waals surface area contributed by atoms with Crippen molar-refractivity contribution in [3.8, 4) is 6.07 Å². The van der Waals surface area contributed by atoms with Crippen molar-refractivity contribution in [3.05, 3.63) is 87.9 Å². The van der Waals surface area contributed by atoms with Gasteiger partial charge in [-0.1, -0.05) is 26.8 Å². The molecule has 3 aliphatic carbocycles. The van der Waals surface area contributed by atoms with E-state index in [-0.39, 0.29) is 23.1 Å². The van der Waals surface area contributed by atoms with Crippen LogP contribution in [0, 0.1) is 22.7 Å². The summed E-state index contributed by atoms with van der Waals surface area (Å²) in [5.41, 5.74) is 14.2. The highest BCUT2D eigenvalue weighted by molar-refractivity contribution is 6.20. The van der Waals surface area contributed by atoms with Gasteiger partial charge < -0.3 is 31.0 Å². The second-order valence-corrected chi connectivity index (χ2v) is 20.9. The van der Waals surface area contributed by atoms with Crippen LogP contribution in [0.15, 0.2) is 48.8 Å². The Labute approximate surface area is 377 Å². The number of aryl methyl sites for hydroxylation is 2. The Morgan fingerprint density at radius 1 is 1.08 bits per heavy atom. The van der Waals surface area contributed by atoms with Gasteiger partial charge in [0, 0.05) is 103 Å². The lowest BCUT2D eigenvalue weighted by Crippen LogP contribution is -2.53. The molecule has 4 aromatic rings. The number of hydrogen-bond donors (Lipinski definition) is 4. The van der Waals surface area contributed by atoms with Crippen LogP contribution in [0.2, 0.25) is 0 Å². The van der Waals surface area contributed by atoms with E-state index in [0.29, 0.717) is 42.5 Å². The van der Waals surface area contributed by atoms with Crippen LogP contribution in [0.5, 0.6) is 0 Å². The van der Waals surface area contributed by atoms with Crippen molar-refractivity contribution < 1.29 is 19.1 Å². The number of nitrogens with two attached hydrogens (primary N) is 1. The number of likely N-dealkylation sites (tertiary alicyclic amines) is 1. The number of benzene rings is 2. The molecular formula is C51H65N9O4. The van der Waals surface area contributed by atoms with Crippen molar-refractivity contribution in [1.82, 2.24) is 30.4 Å². The fourth-order valence-corrected chi connectivity index (χ4v) is 11.1. The lowest BCUT2D eigenvalue weighted by atomic mass is 9.70. The third kappa shape index (κ3) is 8.47. The molecule has 0 unspecified atom stereocenters. The highest BCUT2D eigenvalue weighted by atomic mass is 16.6. The second-order valence-electron chi connectivity index (χ2n) is 20.9. The average Bonchev–Trinajstić information content (AvgIpc) is 3.79. The molecule has 5 aliphatic rings. The fraction of sp³-hybridized carbons (Fsp3) is 0.549. The maximum Gasteiger partial charge on any atom is 0.408 e. The Morgan fingerprint density at radius 2 is 1.84 bits per heavy atom. The quantitative estimate of drug-likeness (QED) is 0.118. The zero-order chi connectivity index (χ0) is 45.1. The van der Waals surface area contributed by atoms with Crippen LogP contribution < -0.4 is 21.3 Å². The SMILES string of the molecule is CCc1cc2c(cc1N1CCN(CC3CC(N4C[C@H](NC(=O)[C@H](CCCc5ccncc5N)NC(=O)OC(C)(C)C)C5(CC5)C4)C3)CC1)C(C)(C)c1[nH]c3cc(C#N)ccc3c1C2=O. The molecule has 5 N–H and O–H groups in total. The number of alkyl carbamates (subject to hydrolysis) is 1. The predicted molar refractivity (Wildman–Crippen MR) is 249 cm³/mol. The molecular weight excluding hydrogens is 803 g/mol. The van der Waals surface area contributed by atoms with Crippen LogP contribution in [0.3, 0.4) is 0 Å². The monoisotopic (exact) mass is 868 g/mol. The summed E-state index contributed by atoms with van der Waals surface area (Å²) in [6, 6.07) is 14.0. The van der Waals surface area contributed by atoms with E-state index in [0.717, 1.165) is 104 Å². The Morgan fingerprint density at radius 3 is 2.53 bits per heavy atom. The minimum Gasteiger partial charge on any atom is -0.444 e. The van der Waals surface area contributed by atoms with Crippen molar-refractivity contribution in [1.29, 1.82) is 5.26 Å². The molecule has 64 heavy (non-hydrogen) atoms. The molecule has 2 saturated carbocycles. The zero-order valence-electron chi connectivity index (χ0n) is 38.5. The number of aromatic nitrogens is 2. The molecule has 0 radical (unpaired) electrons. The number of nitrogens with zero attached hydrogens (tertiary/aromatic N) is 5. The number of carbonyl (C=O) groups is 3. The number of nitriles is 1. The van der Waals surface area contributed by atoms with E-state index in [1.54, 1.807) is 18.5 Å². The van der Waals surface area contributed by atoms with Crippen molar-refractivity contribution in [2.24, 2.45) is 11.3 Å². The molecule has 13 nitrogen and oxygen atoms in total. The molecule has 2 atom stereocenters. The van der Waals surface area contributed by atoms with Gasteiger partial charge in [0.05, 0.1) is 29.1 Å². The normalized spacial score (nSPS) is 22.9. The Hall–Kier alpha value is -5.45. The van der Waals surface area contributed by atoms with E-state index < -0.39 is 23.2 Å². The first kappa shape index (κ1) is 43.8.